The monoisotopic (exact) mass is 508 g/mol. The SMILES string of the molecule is CC(C)[C@H](NC(=O)CCc1ccccc1)C(=O)N[C@@H](Cc1ccccc1)C(=O)C(=O)NCCCN(C)C. The van der Waals surface area contributed by atoms with E-state index in [-0.39, 0.29) is 24.7 Å². The van der Waals surface area contributed by atoms with Gasteiger partial charge in [0.15, 0.2) is 0 Å². The molecule has 8 heteroatoms. The van der Waals surface area contributed by atoms with Crippen LogP contribution in [0.2, 0.25) is 0 Å². The lowest BCUT2D eigenvalue weighted by atomic mass is 9.98. The highest BCUT2D eigenvalue weighted by Crippen LogP contribution is 2.09. The molecule has 37 heavy (non-hydrogen) atoms. The number of carbonyl (C=O) groups is 4. The van der Waals surface area contributed by atoms with Gasteiger partial charge in [0.2, 0.25) is 17.6 Å². The number of carbonyl (C=O) groups excluding carboxylic acids is 4. The van der Waals surface area contributed by atoms with Crippen LogP contribution >= 0.6 is 0 Å². The number of hydrogen-bond acceptors (Lipinski definition) is 5. The Balaban J connectivity index is 2.05. The minimum absolute atomic E-state index is 0.170. The first-order valence-corrected chi connectivity index (χ1v) is 12.8. The summed E-state index contributed by atoms with van der Waals surface area (Å²) in [5, 5.41) is 8.21. The van der Waals surface area contributed by atoms with E-state index in [1.807, 2.05) is 93.5 Å². The normalized spacial score (nSPS) is 12.6. The van der Waals surface area contributed by atoms with Crippen LogP contribution in [0.3, 0.4) is 0 Å². The van der Waals surface area contributed by atoms with Crippen LogP contribution in [0.15, 0.2) is 60.7 Å². The topological polar surface area (TPSA) is 108 Å². The number of rotatable bonds is 15. The van der Waals surface area contributed by atoms with Gasteiger partial charge in [-0.15, -0.1) is 0 Å². The van der Waals surface area contributed by atoms with E-state index in [1.54, 1.807) is 0 Å². The zero-order chi connectivity index (χ0) is 27.2. The molecule has 0 spiro atoms. The van der Waals surface area contributed by atoms with E-state index in [1.165, 1.54) is 0 Å². The van der Waals surface area contributed by atoms with E-state index in [0.29, 0.717) is 19.4 Å². The summed E-state index contributed by atoms with van der Waals surface area (Å²) in [5.41, 5.74) is 1.85. The number of hydrogen-bond donors (Lipinski definition) is 3. The molecule has 0 saturated carbocycles. The number of nitrogens with zero attached hydrogens (tertiary/aromatic N) is 1. The molecule has 0 bridgehead atoms. The van der Waals surface area contributed by atoms with Crippen LogP contribution in [0.1, 0.15) is 37.8 Å². The molecule has 0 heterocycles. The lowest BCUT2D eigenvalue weighted by Crippen LogP contribution is -2.56. The van der Waals surface area contributed by atoms with Crippen molar-refractivity contribution in [3.8, 4) is 0 Å². The molecule has 0 unspecified atom stereocenters. The third kappa shape index (κ3) is 11.0. The van der Waals surface area contributed by atoms with Gasteiger partial charge in [0.1, 0.15) is 12.1 Å². The van der Waals surface area contributed by atoms with Crippen molar-refractivity contribution in [2.45, 2.75) is 51.6 Å². The number of amides is 3. The highest BCUT2D eigenvalue weighted by atomic mass is 16.2. The largest absolute Gasteiger partial charge is 0.349 e. The van der Waals surface area contributed by atoms with E-state index in [9.17, 15) is 19.2 Å². The Morgan fingerprint density at radius 2 is 1.43 bits per heavy atom. The molecule has 0 aromatic heterocycles. The number of nitrogens with one attached hydrogen (secondary N) is 3. The first-order valence-electron chi connectivity index (χ1n) is 12.8. The summed E-state index contributed by atoms with van der Waals surface area (Å²) >= 11 is 0. The fourth-order valence-corrected chi connectivity index (χ4v) is 3.85. The molecular formula is C29H40N4O4. The summed E-state index contributed by atoms with van der Waals surface area (Å²) < 4.78 is 0. The molecule has 0 saturated heterocycles. The molecule has 0 aliphatic rings. The second-order valence-electron chi connectivity index (χ2n) is 9.80. The number of Topliss-reactive ketones (excluding diaryl/α,β-unsaturated/α-hetero) is 1. The predicted molar refractivity (Wildman–Crippen MR) is 145 cm³/mol. The Morgan fingerprint density at radius 1 is 0.838 bits per heavy atom. The van der Waals surface area contributed by atoms with Gasteiger partial charge in [0, 0.05) is 19.4 Å². The Labute approximate surface area is 220 Å². The molecule has 0 fully saturated rings. The van der Waals surface area contributed by atoms with Crippen LogP contribution < -0.4 is 16.0 Å². The molecule has 2 rings (SSSR count). The molecular weight excluding hydrogens is 468 g/mol. The summed E-state index contributed by atoms with van der Waals surface area (Å²) in [6.07, 6.45) is 1.67. The first kappa shape index (κ1) is 29.7. The van der Waals surface area contributed by atoms with Crippen molar-refractivity contribution >= 4 is 23.5 Å². The van der Waals surface area contributed by atoms with Crippen molar-refractivity contribution in [1.29, 1.82) is 0 Å². The van der Waals surface area contributed by atoms with E-state index in [0.717, 1.165) is 17.7 Å². The quantitative estimate of drug-likeness (QED) is 0.252. The van der Waals surface area contributed by atoms with Gasteiger partial charge < -0.3 is 20.9 Å². The molecule has 0 radical (unpaired) electrons. The minimum Gasteiger partial charge on any atom is -0.349 e. The summed E-state index contributed by atoms with van der Waals surface area (Å²) in [7, 11) is 3.87. The maximum absolute atomic E-state index is 13.2. The van der Waals surface area contributed by atoms with Gasteiger partial charge in [-0.1, -0.05) is 74.5 Å². The van der Waals surface area contributed by atoms with Crippen LogP contribution in [0.5, 0.6) is 0 Å². The lowest BCUT2D eigenvalue weighted by molar-refractivity contribution is -0.140. The Bertz CT molecular complexity index is 1010. The summed E-state index contributed by atoms with van der Waals surface area (Å²) in [5.74, 6) is -2.39. The molecule has 3 N–H and O–H groups in total. The van der Waals surface area contributed by atoms with Gasteiger partial charge in [-0.05, 0) is 50.5 Å². The molecule has 200 valence electrons. The Kier molecular flexibility index (Phi) is 12.5. The fourth-order valence-electron chi connectivity index (χ4n) is 3.85. The number of aryl methyl sites for hydroxylation is 1. The summed E-state index contributed by atoms with van der Waals surface area (Å²) in [6.45, 7) is 4.79. The number of benzene rings is 2. The Hall–Kier alpha value is -3.52. The van der Waals surface area contributed by atoms with E-state index in [2.05, 4.69) is 16.0 Å². The van der Waals surface area contributed by atoms with Crippen LogP contribution in [-0.2, 0) is 32.0 Å². The third-order valence-electron chi connectivity index (χ3n) is 5.96. The van der Waals surface area contributed by atoms with Crippen molar-refractivity contribution < 1.29 is 19.2 Å². The third-order valence-corrected chi connectivity index (χ3v) is 5.96. The molecule has 0 aliphatic heterocycles. The predicted octanol–water partition coefficient (Wildman–Crippen LogP) is 2.12. The van der Waals surface area contributed by atoms with Gasteiger partial charge in [0.05, 0.1) is 0 Å². The summed E-state index contributed by atoms with van der Waals surface area (Å²) in [4.78, 5) is 53.5. The molecule has 8 nitrogen and oxygen atoms in total. The first-order chi connectivity index (χ1) is 17.7. The van der Waals surface area contributed by atoms with Crippen molar-refractivity contribution in [3.63, 3.8) is 0 Å². The zero-order valence-electron chi connectivity index (χ0n) is 22.3. The van der Waals surface area contributed by atoms with Gasteiger partial charge in [-0.25, -0.2) is 0 Å². The van der Waals surface area contributed by atoms with Gasteiger partial charge >= 0.3 is 0 Å². The molecule has 3 amide bonds. The zero-order valence-corrected chi connectivity index (χ0v) is 22.3. The summed E-state index contributed by atoms with van der Waals surface area (Å²) in [6, 6.07) is 17.0. The average molecular weight is 509 g/mol. The smallest absolute Gasteiger partial charge is 0.289 e. The van der Waals surface area contributed by atoms with Gasteiger partial charge in [0.25, 0.3) is 5.91 Å². The van der Waals surface area contributed by atoms with Crippen LogP contribution in [0.25, 0.3) is 0 Å². The highest BCUT2D eigenvalue weighted by Gasteiger charge is 2.31. The van der Waals surface area contributed by atoms with Gasteiger partial charge in [-0.2, -0.15) is 0 Å². The van der Waals surface area contributed by atoms with E-state index in [4.69, 9.17) is 0 Å². The van der Waals surface area contributed by atoms with E-state index < -0.39 is 29.7 Å². The van der Waals surface area contributed by atoms with Crippen molar-refractivity contribution in [2.75, 3.05) is 27.2 Å². The second-order valence-corrected chi connectivity index (χ2v) is 9.80. The molecule has 2 aromatic carbocycles. The lowest BCUT2D eigenvalue weighted by Gasteiger charge is -2.25. The van der Waals surface area contributed by atoms with Crippen LogP contribution in [0.4, 0.5) is 0 Å². The second kappa shape index (κ2) is 15.6. The fraction of sp³-hybridized carbons (Fsp3) is 0.448. The van der Waals surface area contributed by atoms with Crippen LogP contribution in [0, 0.1) is 5.92 Å². The minimum atomic E-state index is -1.05. The molecule has 2 aromatic rings. The number of ketones is 1. The van der Waals surface area contributed by atoms with E-state index >= 15 is 0 Å². The van der Waals surface area contributed by atoms with Crippen LogP contribution in [-0.4, -0.2) is 67.7 Å². The van der Waals surface area contributed by atoms with Gasteiger partial charge in [-0.3, -0.25) is 19.2 Å². The van der Waals surface area contributed by atoms with Crippen molar-refractivity contribution in [1.82, 2.24) is 20.9 Å². The standard InChI is InChI=1S/C29H40N4O4/c1-21(2)26(32-25(34)17-16-22-12-7-5-8-13-22)28(36)31-24(20-23-14-9-6-10-15-23)27(35)29(37)30-18-11-19-33(3)4/h5-10,12-15,21,24,26H,11,16-20H2,1-4H3,(H,30,37)(H,31,36)(H,32,34)/t24-,26-/m0/s1. The molecule has 0 aliphatic carbocycles. The van der Waals surface area contributed by atoms with Crippen molar-refractivity contribution in [2.24, 2.45) is 5.92 Å². The van der Waals surface area contributed by atoms with Crippen molar-refractivity contribution in [3.05, 3.63) is 71.8 Å². The average Bonchev–Trinajstić information content (AvgIpc) is 2.88. The maximum atomic E-state index is 13.2. The Morgan fingerprint density at radius 3 is 2.00 bits per heavy atom. The highest BCUT2D eigenvalue weighted by molar-refractivity contribution is 6.38. The molecule has 2 atom stereocenters. The maximum Gasteiger partial charge on any atom is 0.289 e.